The second kappa shape index (κ2) is 9.88. The Labute approximate surface area is 193 Å². The minimum atomic E-state index is -5.09. The molecule has 0 unspecified atom stereocenters. The van der Waals surface area contributed by atoms with Gasteiger partial charge >= 0.3 is 24.2 Å². The van der Waals surface area contributed by atoms with Crippen LogP contribution in [0.15, 0.2) is 12.1 Å². The van der Waals surface area contributed by atoms with Crippen LogP contribution in [-0.4, -0.2) is 86.3 Å². The van der Waals surface area contributed by atoms with Crippen molar-refractivity contribution in [2.45, 2.75) is 32.1 Å². The van der Waals surface area contributed by atoms with Gasteiger partial charge in [-0.05, 0) is 50.6 Å². The average molecular weight is 495 g/mol. The number of benzene rings is 1. The predicted molar refractivity (Wildman–Crippen MR) is 115 cm³/mol. The fourth-order valence-electron chi connectivity index (χ4n) is 4.38. The summed E-state index contributed by atoms with van der Waals surface area (Å²) in [5, 5.41) is 0. The van der Waals surface area contributed by atoms with Crippen LogP contribution in [0.4, 0.5) is 43.4 Å². The van der Waals surface area contributed by atoms with Gasteiger partial charge in [-0.15, -0.1) is 0 Å². The molecule has 0 bridgehead atoms. The van der Waals surface area contributed by atoms with Crippen molar-refractivity contribution >= 4 is 28.9 Å². The Morgan fingerprint density at radius 1 is 0.941 bits per heavy atom. The Hall–Kier alpha value is -2.70. The van der Waals surface area contributed by atoms with Gasteiger partial charge < -0.3 is 25.3 Å². The van der Waals surface area contributed by atoms with Gasteiger partial charge in [0.2, 0.25) is 0 Å². The molecule has 2 aliphatic heterocycles. The highest BCUT2D eigenvalue weighted by Gasteiger charge is 2.45. The molecular formula is C21H27F6N5O2. The summed E-state index contributed by atoms with van der Waals surface area (Å²) in [6, 6.07) is 2.81. The van der Waals surface area contributed by atoms with Crippen molar-refractivity contribution in [1.29, 1.82) is 0 Å². The van der Waals surface area contributed by atoms with Crippen LogP contribution in [0.3, 0.4) is 0 Å². The Morgan fingerprint density at radius 3 is 2.06 bits per heavy atom. The highest BCUT2D eigenvalue weighted by molar-refractivity contribution is 5.99. The van der Waals surface area contributed by atoms with Gasteiger partial charge in [0.15, 0.2) is 0 Å². The minimum Gasteiger partial charge on any atom is -0.399 e. The van der Waals surface area contributed by atoms with Crippen molar-refractivity contribution in [3.05, 3.63) is 17.7 Å². The van der Waals surface area contributed by atoms with E-state index in [1.807, 2.05) is 4.90 Å². The van der Waals surface area contributed by atoms with Gasteiger partial charge in [-0.1, -0.05) is 0 Å². The number of hydrogen-bond donors (Lipinski definition) is 1. The summed E-state index contributed by atoms with van der Waals surface area (Å²) in [6.07, 6.45) is -8.18. The van der Waals surface area contributed by atoms with Crippen molar-refractivity contribution in [2.24, 2.45) is 0 Å². The molecule has 2 aliphatic rings. The zero-order chi connectivity index (χ0) is 25.3. The summed E-state index contributed by atoms with van der Waals surface area (Å²) in [6.45, 7) is 2.78. The lowest BCUT2D eigenvalue weighted by Crippen LogP contribution is -2.52. The molecular weight excluding hydrogens is 468 g/mol. The molecule has 2 amide bonds. The molecule has 2 heterocycles. The quantitative estimate of drug-likeness (QED) is 0.503. The summed E-state index contributed by atoms with van der Waals surface area (Å²) in [4.78, 5) is 28.8. The van der Waals surface area contributed by atoms with Crippen molar-refractivity contribution in [2.75, 3.05) is 67.9 Å². The number of nitrogens with zero attached hydrogens (tertiary/aromatic N) is 4. The van der Waals surface area contributed by atoms with E-state index in [1.165, 1.54) is 12.1 Å². The van der Waals surface area contributed by atoms with Gasteiger partial charge in [0, 0.05) is 50.6 Å². The van der Waals surface area contributed by atoms with E-state index in [0.29, 0.717) is 21.1 Å². The van der Waals surface area contributed by atoms with Crippen LogP contribution in [0, 0.1) is 6.92 Å². The molecule has 2 fully saturated rings. The standard InChI is InChI=1S/C21H27F6N5O2/c1-14-16(30-7-9-31(10-8-30)18(33)20(22,23)24)12-15(28)13-17(14)32(19(34)21(25,26)27)11-6-29-4-2-3-5-29/h12-13H,2-11,28H2,1H3. The molecule has 1 aromatic carbocycles. The molecule has 1 aromatic rings. The van der Waals surface area contributed by atoms with Crippen LogP contribution in [0.2, 0.25) is 0 Å². The highest BCUT2D eigenvalue weighted by atomic mass is 19.4. The molecule has 0 atom stereocenters. The first-order valence-electron chi connectivity index (χ1n) is 10.9. The number of anilines is 3. The number of nitrogens with two attached hydrogens (primary N) is 1. The molecule has 7 nitrogen and oxygen atoms in total. The lowest BCUT2D eigenvalue weighted by Gasteiger charge is -2.38. The second-order valence-corrected chi connectivity index (χ2v) is 8.46. The van der Waals surface area contributed by atoms with Gasteiger partial charge in [0.25, 0.3) is 0 Å². The summed E-state index contributed by atoms with van der Waals surface area (Å²) in [7, 11) is 0. The number of rotatable bonds is 5. The van der Waals surface area contributed by atoms with Crippen LogP contribution in [-0.2, 0) is 9.59 Å². The van der Waals surface area contributed by atoms with Crippen LogP contribution in [0.1, 0.15) is 18.4 Å². The van der Waals surface area contributed by atoms with E-state index in [0.717, 1.165) is 25.9 Å². The third-order valence-electron chi connectivity index (χ3n) is 6.14. The molecule has 0 radical (unpaired) electrons. The largest absolute Gasteiger partial charge is 0.471 e. The maximum atomic E-state index is 13.4. The Bertz CT molecular complexity index is 906. The molecule has 0 saturated carbocycles. The summed E-state index contributed by atoms with van der Waals surface area (Å²) in [5.41, 5.74) is 6.85. The number of nitrogen functional groups attached to an aromatic ring is 1. The molecule has 2 N–H and O–H groups in total. The number of likely N-dealkylation sites (tertiary alicyclic amines) is 1. The molecule has 13 heteroatoms. The SMILES string of the molecule is Cc1c(N2CCN(C(=O)C(F)(F)F)CC2)cc(N)cc1N(CCN1CCCC1)C(=O)C(F)(F)F. The topological polar surface area (TPSA) is 73.1 Å². The van der Waals surface area contributed by atoms with Crippen LogP contribution >= 0.6 is 0 Å². The third-order valence-corrected chi connectivity index (χ3v) is 6.14. The summed E-state index contributed by atoms with van der Waals surface area (Å²) < 4.78 is 78.4. The van der Waals surface area contributed by atoms with E-state index in [1.54, 1.807) is 11.8 Å². The van der Waals surface area contributed by atoms with Crippen molar-refractivity contribution < 1.29 is 35.9 Å². The fourth-order valence-corrected chi connectivity index (χ4v) is 4.38. The van der Waals surface area contributed by atoms with Gasteiger partial charge in [-0.2, -0.15) is 26.3 Å². The Balaban J connectivity index is 1.85. The number of piperazine rings is 1. The van der Waals surface area contributed by atoms with Gasteiger partial charge in [-0.3, -0.25) is 9.59 Å². The van der Waals surface area contributed by atoms with E-state index in [4.69, 9.17) is 5.73 Å². The maximum Gasteiger partial charge on any atom is 0.471 e. The minimum absolute atomic E-state index is 0.00493. The first-order valence-corrected chi connectivity index (χ1v) is 10.9. The number of alkyl halides is 6. The van der Waals surface area contributed by atoms with E-state index >= 15 is 0 Å². The lowest BCUT2D eigenvalue weighted by atomic mass is 10.1. The average Bonchev–Trinajstić information content (AvgIpc) is 3.27. The zero-order valence-corrected chi connectivity index (χ0v) is 18.7. The number of carbonyl (C=O) groups excluding carboxylic acids is 2. The molecule has 0 aromatic heterocycles. The third kappa shape index (κ3) is 5.86. The van der Waals surface area contributed by atoms with Crippen LogP contribution < -0.4 is 15.5 Å². The van der Waals surface area contributed by atoms with E-state index in [-0.39, 0.29) is 50.6 Å². The monoisotopic (exact) mass is 495 g/mol. The zero-order valence-electron chi connectivity index (χ0n) is 18.7. The first kappa shape index (κ1) is 25.9. The van der Waals surface area contributed by atoms with Crippen molar-refractivity contribution in [3.63, 3.8) is 0 Å². The van der Waals surface area contributed by atoms with Gasteiger partial charge in [-0.25, -0.2) is 0 Å². The Kier molecular flexibility index (Phi) is 7.53. The van der Waals surface area contributed by atoms with Gasteiger partial charge in [0.1, 0.15) is 0 Å². The smallest absolute Gasteiger partial charge is 0.399 e. The second-order valence-electron chi connectivity index (χ2n) is 8.46. The molecule has 0 spiro atoms. The molecule has 3 rings (SSSR count). The van der Waals surface area contributed by atoms with Gasteiger partial charge in [0.05, 0.1) is 5.69 Å². The Morgan fingerprint density at radius 2 is 1.53 bits per heavy atom. The number of amides is 2. The highest BCUT2D eigenvalue weighted by Crippen LogP contribution is 2.35. The van der Waals surface area contributed by atoms with Crippen molar-refractivity contribution in [1.82, 2.24) is 9.80 Å². The van der Waals surface area contributed by atoms with E-state index < -0.39 is 24.2 Å². The molecule has 190 valence electrons. The lowest BCUT2D eigenvalue weighted by molar-refractivity contribution is -0.185. The number of carbonyl (C=O) groups is 2. The molecule has 34 heavy (non-hydrogen) atoms. The summed E-state index contributed by atoms with van der Waals surface area (Å²) in [5.74, 6) is -3.94. The predicted octanol–water partition coefficient (Wildman–Crippen LogP) is 2.78. The number of hydrogen-bond acceptors (Lipinski definition) is 5. The fraction of sp³-hybridized carbons (Fsp3) is 0.619. The number of halogens is 6. The van der Waals surface area contributed by atoms with Crippen LogP contribution in [0.25, 0.3) is 0 Å². The molecule has 0 aliphatic carbocycles. The van der Waals surface area contributed by atoms with E-state index in [2.05, 4.69) is 0 Å². The first-order chi connectivity index (χ1) is 15.8. The van der Waals surface area contributed by atoms with E-state index in [9.17, 15) is 35.9 Å². The summed E-state index contributed by atoms with van der Waals surface area (Å²) >= 11 is 0. The maximum absolute atomic E-state index is 13.4. The van der Waals surface area contributed by atoms with Crippen molar-refractivity contribution in [3.8, 4) is 0 Å². The normalized spacial score (nSPS) is 17.9. The van der Waals surface area contributed by atoms with Crippen LogP contribution in [0.5, 0.6) is 0 Å². The molecule has 2 saturated heterocycles.